The molecule has 0 saturated carbocycles. The smallest absolute Gasteiger partial charge is 0.271 e. The van der Waals surface area contributed by atoms with Crippen LogP contribution in [0.2, 0.25) is 0 Å². The molecule has 1 unspecified atom stereocenters. The normalized spacial score (nSPS) is 12.0. The second kappa shape index (κ2) is 10.6. The molecule has 0 aliphatic rings. The van der Waals surface area contributed by atoms with Gasteiger partial charge >= 0.3 is 0 Å². The molecule has 28 heavy (non-hydrogen) atoms. The molecule has 2 rings (SSSR count). The lowest BCUT2D eigenvalue weighted by Gasteiger charge is -2.30. The fraction of sp³-hybridized carbons (Fsp3) is 0.476. The van der Waals surface area contributed by atoms with E-state index in [1.807, 2.05) is 31.2 Å². The number of likely N-dealkylation sites (N-methyl/N-ethyl adjacent to an activating group) is 1. The minimum absolute atomic E-state index is 0.00981. The number of aryl methyl sites for hydroxylation is 1. The third-order valence-corrected chi connectivity index (χ3v) is 4.72. The number of rotatable bonds is 10. The Bertz CT molecular complexity index is 830. The summed E-state index contributed by atoms with van der Waals surface area (Å²) in [6.07, 6.45) is 0.776. The SMILES string of the molecule is CCCn1nc(C(=O)NCC(c2cccc(OC)c2)N(CC)CC)ccc1=O. The Hall–Kier alpha value is -2.67. The van der Waals surface area contributed by atoms with Gasteiger partial charge in [0.25, 0.3) is 11.5 Å². The molecule has 1 aromatic heterocycles. The van der Waals surface area contributed by atoms with Crippen LogP contribution >= 0.6 is 0 Å². The molecule has 0 aliphatic carbocycles. The summed E-state index contributed by atoms with van der Waals surface area (Å²) in [5.74, 6) is 0.499. The highest BCUT2D eigenvalue weighted by molar-refractivity contribution is 5.92. The average Bonchev–Trinajstić information content (AvgIpc) is 2.72. The third-order valence-electron chi connectivity index (χ3n) is 4.72. The van der Waals surface area contributed by atoms with Gasteiger partial charge in [0.15, 0.2) is 0 Å². The molecule has 1 atom stereocenters. The van der Waals surface area contributed by atoms with E-state index in [1.165, 1.54) is 16.8 Å². The van der Waals surface area contributed by atoms with E-state index in [1.54, 1.807) is 7.11 Å². The molecule has 0 fully saturated rings. The second-order valence-corrected chi connectivity index (χ2v) is 6.50. The summed E-state index contributed by atoms with van der Waals surface area (Å²) in [5.41, 5.74) is 1.13. The van der Waals surface area contributed by atoms with Gasteiger partial charge in [0.1, 0.15) is 11.4 Å². The molecule has 1 heterocycles. The van der Waals surface area contributed by atoms with Crippen LogP contribution < -0.4 is 15.6 Å². The first-order chi connectivity index (χ1) is 13.5. The van der Waals surface area contributed by atoms with Gasteiger partial charge in [0.2, 0.25) is 0 Å². The highest BCUT2D eigenvalue weighted by atomic mass is 16.5. The van der Waals surface area contributed by atoms with Crippen LogP contribution in [0.1, 0.15) is 49.3 Å². The number of nitrogens with one attached hydrogen (secondary N) is 1. The molecule has 0 radical (unpaired) electrons. The maximum absolute atomic E-state index is 12.6. The summed E-state index contributed by atoms with van der Waals surface area (Å²) < 4.78 is 6.68. The molecule has 1 aromatic carbocycles. The van der Waals surface area contributed by atoms with Gasteiger partial charge in [0.05, 0.1) is 13.2 Å². The van der Waals surface area contributed by atoms with Crippen LogP contribution in [0.5, 0.6) is 5.75 Å². The van der Waals surface area contributed by atoms with E-state index in [4.69, 9.17) is 4.74 Å². The molecule has 152 valence electrons. The molecule has 1 amide bonds. The largest absolute Gasteiger partial charge is 0.497 e. The molecular formula is C21H30N4O3. The van der Waals surface area contributed by atoms with Crippen LogP contribution in [0.3, 0.4) is 0 Å². The number of ether oxygens (including phenoxy) is 1. The van der Waals surface area contributed by atoms with E-state index in [-0.39, 0.29) is 23.2 Å². The summed E-state index contributed by atoms with van der Waals surface area (Å²) >= 11 is 0. The first-order valence-electron chi connectivity index (χ1n) is 9.78. The van der Waals surface area contributed by atoms with Crippen LogP contribution in [0.4, 0.5) is 0 Å². The first kappa shape index (κ1) is 21.6. The molecule has 7 heteroatoms. The maximum Gasteiger partial charge on any atom is 0.271 e. The Morgan fingerprint density at radius 3 is 2.61 bits per heavy atom. The number of hydrogen-bond donors (Lipinski definition) is 1. The van der Waals surface area contributed by atoms with Gasteiger partial charge in [0, 0.05) is 19.2 Å². The van der Waals surface area contributed by atoms with Crippen LogP contribution in [-0.2, 0) is 6.54 Å². The van der Waals surface area contributed by atoms with Crippen molar-refractivity contribution in [2.45, 2.75) is 39.8 Å². The number of carbonyl (C=O) groups is 1. The van der Waals surface area contributed by atoms with Crippen molar-refractivity contribution in [3.05, 3.63) is 58.0 Å². The zero-order chi connectivity index (χ0) is 20.5. The van der Waals surface area contributed by atoms with E-state index >= 15 is 0 Å². The predicted molar refractivity (Wildman–Crippen MR) is 110 cm³/mol. The molecule has 7 nitrogen and oxygen atoms in total. The summed E-state index contributed by atoms with van der Waals surface area (Å²) in [6, 6.07) is 10.8. The van der Waals surface area contributed by atoms with Gasteiger partial charge in [-0.2, -0.15) is 5.10 Å². The molecule has 2 aromatic rings. The summed E-state index contributed by atoms with van der Waals surface area (Å²) in [4.78, 5) is 26.7. The van der Waals surface area contributed by atoms with Crippen molar-refractivity contribution in [2.24, 2.45) is 0 Å². The van der Waals surface area contributed by atoms with E-state index in [0.717, 1.165) is 30.8 Å². The summed E-state index contributed by atoms with van der Waals surface area (Å²) in [5, 5.41) is 7.16. The zero-order valence-electron chi connectivity index (χ0n) is 17.1. The zero-order valence-corrected chi connectivity index (χ0v) is 17.1. The monoisotopic (exact) mass is 386 g/mol. The summed E-state index contributed by atoms with van der Waals surface area (Å²) in [6.45, 7) is 8.79. The standard InChI is InChI=1S/C21H30N4O3/c1-5-13-25-20(26)12-11-18(23-25)21(27)22-15-19(24(6-2)7-3)16-9-8-10-17(14-16)28-4/h8-12,14,19H,5-7,13,15H2,1-4H3,(H,22,27). The van der Waals surface area contributed by atoms with Gasteiger partial charge in [-0.25, -0.2) is 4.68 Å². The topological polar surface area (TPSA) is 76.5 Å². The van der Waals surface area contributed by atoms with Crippen LogP contribution in [0, 0.1) is 0 Å². The number of methoxy groups -OCH3 is 1. The molecule has 0 aliphatic heterocycles. The van der Waals surface area contributed by atoms with Crippen LogP contribution in [0.15, 0.2) is 41.2 Å². The van der Waals surface area contributed by atoms with Crippen molar-refractivity contribution in [3.8, 4) is 5.75 Å². The lowest BCUT2D eigenvalue weighted by molar-refractivity contribution is 0.0927. The van der Waals surface area contributed by atoms with Crippen molar-refractivity contribution in [3.63, 3.8) is 0 Å². The van der Waals surface area contributed by atoms with E-state index in [0.29, 0.717) is 13.1 Å². The number of nitrogens with zero attached hydrogens (tertiary/aromatic N) is 3. The van der Waals surface area contributed by atoms with Crippen molar-refractivity contribution >= 4 is 5.91 Å². The fourth-order valence-corrected chi connectivity index (χ4v) is 3.19. The Balaban J connectivity index is 2.19. The predicted octanol–water partition coefficient (Wildman–Crippen LogP) is 2.47. The van der Waals surface area contributed by atoms with Crippen LogP contribution in [0.25, 0.3) is 0 Å². The van der Waals surface area contributed by atoms with Crippen molar-refractivity contribution in [1.29, 1.82) is 0 Å². The van der Waals surface area contributed by atoms with Crippen molar-refractivity contribution in [2.75, 3.05) is 26.7 Å². The van der Waals surface area contributed by atoms with Gasteiger partial charge in [-0.05, 0) is 43.3 Å². The van der Waals surface area contributed by atoms with Crippen LogP contribution in [-0.4, -0.2) is 47.3 Å². The lowest BCUT2D eigenvalue weighted by Crippen LogP contribution is -2.38. The van der Waals surface area contributed by atoms with Crippen molar-refractivity contribution < 1.29 is 9.53 Å². The Morgan fingerprint density at radius 2 is 1.96 bits per heavy atom. The molecule has 1 N–H and O–H groups in total. The fourth-order valence-electron chi connectivity index (χ4n) is 3.19. The Labute approximate surface area is 166 Å². The summed E-state index contributed by atoms with van der Waals surface area (Å²) in [7, 11) is 1.64. The molecule has 0 saturated heterocycles. The average molecular weight is 386 g/mol. The third kappa shape index (κ3) is 5.42. The highest BCUT2D eigenvalue weighted by Gasteiger charge is 2.20. The van der Waals surface area contributed by atoms with E-state index in [9.17, 15) is 9.59 Å². The lowest BCUT2D eigenvalue weighted by atomic mass is 10.0. The maximum atomic E-state index is 12.6. The Morgan fingerprint density at radius 1 is 1.21 bits per heavy atom. The number of hydrogen-bond acceptors (Lipinski definition) is 5. The molecule has 0 spiro atoms. The van der Waals surface area contributed by atoms with Gasteiger partial charge in [-0.1, -0.05) is 32.9 Å². The van der Waals surface area contributed by atoms with E-state index < -0.39 is 0 Å². The quantitative estimate of drug-likeness (QED) is 0.679. The van der Waals surface area contributed by atoms with Gasteiger partial charge in [-0.15, -0.1) is 0 Å². The van der Waals surface area contributed by atoms with Crippen molar-refractivity contribution in [1.82, 2.24) is 20.0 Å². The minimum Gasteiger partial charge on any atom is -0.497 e. The van der Waals surface area contributed by atoms with Gasteiger partial charge in [-0.3, -0.25) is 14.5 Å². The minimum atomic E-state index is -0.287. The molecular weight excluding hydrogens is 356 g/mol. The number of amides is 1. The number of carbonyl (C=O) groups excluding carboxylic acids is 1. The highest BCUT2D eigenvalue weighted by Crippen LogP contribution is 2.23. The number of benzene rings is 1. The van der Waals surface area contributed by atoms with Gasteiger partial charge < -0.3 is 10.1 Å². The Kier molecular flexibility index (Phi) is 8.19. The second-order valence-electron chi connectivity index (χ2n) is 6.50. The molecule has 0 bridgehead atoms. The first-order valence-corrected chi connectivity index (χ1v) is 9.78. The number of aromatic nitrogens is 2. The van der Waals surface area contributed by atoms with E-state index in [2.05, 4.69) is 29.2 Å².